The van der Waals surface area contributed by atoms with Gasteiger partial charge in [0.25, 0.3) is 0 Å². The molecule has 1 aliphatic heterocycles. The van der Waals surface area contributed by atoms with E-state index in [-0.39, 0.29) is 0 Å². The highest BCUT2D eigenvalue weighted by Gasteiger charge is 2.24. The van der Waals surface area contributed by atoms with Crippen molar-refractivity contribution in [3.05, 3.63) is 42.0 Å². The first-order chi connectivity index (χ1) is 9.35. The minimum atomic E-state index is 0.346. The second kappa shape index (κ2) is 5.16. The largest absolute Gasteiger partial charge is 0.295 e. The molecule has 2 aromatic rings. The zero-order chi connectivity index (χ0) is 13.1. The van der Waals surface area contributed by atoms with Crippen LogP contribution in [0.15, 0.2) is 30.7 Å². The molecule has 1 saturated heterocycles. The number of rotatable bonds is 3. The Morgan fingerprint density at radius 3 is 3.16 bits per heavy atom. The normalized spacial score (nSPS) is 19.4. The standard InChI is InChI=1S/C13H14N6/c14-6-11-7-16-19(8-11)13-3-5-18(10-13)9-12-2-1-4-15-17-12/h1-2,4,7-8,13H,3,5,9-10H2. The van der Waals surface area contributed by atoms with Crippen LogP contribution >= 0.6 is 0 Å². The lowest BCUT2D eigenvalue weighted by molar-refractivity contribution is 0.307. The van der Waals surface area contributed by atoms with E-state index in [0.29, 0.717) is 11.6 Å². The summed E-state index contributed by atoms with van der Waals surface area (Å²) in [5, 5.41) is 21.0. The average molecular weight is 254 g/mol. The molecule has 6 nitrogen and oxygen atoms in total. The number of nitriles is 1. The minimum Gasteiger partial charge on any atom is -0.295 e. The summed E-state index contributed by atoms with van der Waals surface area (Å²) < 4.78 is 1.90. The molecule has 6 heteroatoms. The molecule has 0 bridgehead atoms. The van der Waals surface area contributed by atoms with E-state index in [1.165, 1.54) is 0 Å². The summed E-state index contributed by atoms with van der Waals surface area (Å²) in [5.41, 5.74) is 1.61. The third-order valence-corrected chi connectivity index (χ3v) is 3.37. The Morgan fingerprint density at radius 2 is 2.42 bits per heavy atom. The summed E-state index contributed by atoms with van der Waals surface area (Å²) in [5.74, 6) is 0. The van der Waals surface area contributed by atoms with Crippen molar-refractivity contribution >= 4 is 0 Å². The summed E-state index contributed by atoms with van der Waals surface area (Å²) in [6.07, 6.45) is 6.16. The number of likely N-dealkylation sites (tertiary alicyclic amines) is 1. The number of nitrogens with zero attached hydrogens (tertiary/aromatic N) is 6. The summed E-state index contributed by atoms with van der Waals surface area (Å²) >= 11 is 0. The Bertz CT molecular complexity index is 585. The highest BCUT2D eigenvalue weighted by molar-refractivity contribution is 5.22. The second-order valence-electron chi connectivity index (χ2n) is 4.71. The van der Waals surface area contributed by atoms with E-state index in [1.807, 2.05) is 23.0 Å². The van der Waals surface area contributed by atoms with Gasteiger partial charge in [-0.25, -0.2) is 0 Å². The van der Waals surface area contributed by atoms with Gasteiger partial charge in [0, 0.05) is 32.0 Å². The van der Waals surface area contributed by atoms with Crippen LogP contribution < -0.4 is 0 Å². The minimum absolute atomic E-state index is 0.346. The van der Waals surface area contributed by atoms with Gasteiger partial charge in [0.15, 0.2) is 0 Å². The molecule has 0 N–H and O–H groups in total. The van der Waals surface area contributed by atoms with Crippen LogP contribution in [-0.4, -0.2) is 38.0 Å². The fourth-order valence-electron chi connectivity index (χ4n) is 2.41. The zero-order valence-electron chi connectivity index (χ0n) is 10.5. The Kier molecular flexibility index (Phi) is 3.21. The predicted molar refractivity (Wildman–Crippen MR) is 67.9 cm³/mol. The van der Waals surface area contributed by atoms with Crippen molar-refractivity contribution in [2.75, 3.05) is 13.1 Å². The summed E-state index contributed by atoms with van der Waals surface area (Å²) in [6, 6.07) is 6.35. The maximum atomic E-state index is 8.81. The van der Waals surface area contributed by atoms with Crippen molar-refractivity contribution in [1.82, 2.24) is 24.9 Å². The predicted octanol–water partition coefficient (Wildman–Crippen LogP) is 0.992. The number of hydrogen-bond acceptors (Lipinski definition) is 5. The van der Waals surface area contributed by atoms with Crippen molar-refractivity contribution < 1.29 is 0 Å². The van der Waals surface area contributed by atoms with Crippen molar-refractivity contribution in [3.63, 3.8) is 0 Å². The van der Waals surface area contributed by atoms with Crippen LogP contribution in [0.1, 0.15) is 23.7 Å². The van der Waals surface area contributed by atoms with E-state index in [9.17, 15) is 0 Å². The maximum absolute atomic E-state index is 8.81. The van der Waals surface area contributed by atoms with Crippen LogP contribution in [-0.2, 0) is 6.54 Å². The van der Waals surface area contributed by atoms with Crippen LogP contribution in [0.4, 0.5) is 0 Å². The summed E-state index contributed by atoms with van der Waals surface area (Å²) in [7, 11) is 0. The van der Waals surface area contributed by atoms with Crippen LogP contribution in [0.2, 0.25) is 0 Å². The molecule has 3 rings (SSSR count). The van der Waals surface area contributed by atoms with Gasteiger partial charge in [-0.3, -0.25) is 9.58 Å². The number of hydrogen-bond donors (Lipinski definition) is 0. The van der Waals surface area contributed by atoms with Gasteiger partial charge in [0.1, 0.15) is 6.07 Å². The van der Waals surface area contributed by atoms with Gasteiger partial charge in [-0.05, 0) is 18.6 Å². The molecule has 1 fully saturated rings. The van der Waals surface area contributed by atoms with Gasteiger partial charge in [0.2, 0.25) is 0 Å². The van der Waals surface area contributed by atoms with E-state index in [4.69, 9.17) is 5.26 Å². The third kappa shape index (κ3) is 2.61. The van der Waals surface area contributed by atoms with E-state index in [0.717, 1.165) is 31.7 Å². The smallest absolute Gasteiger partial charge is 0.102 e. The molecule has 3 heterocycles. The van der Waals surface area contributed by atoms with Crippen LogP contribution in [0.5, 0.6) is 0 Å². The zero-order valence-corrected chi connectivity index (χ0v) is 10.5. The van der Waals surface area contributed by atoms with Gasteiger partial charge in [0.05, 0.1) is 23.5 Å². The molecule has 2 aromatic heterocycles. The molecular formula is C13H14N6. The van der Waals surface area contributed by atoms with E-state index >= 15 is 0 Å². The molecular weight excluding hydrogens is 240 g/mol. The molecule has 96 valence electrons. The molecule has 0 radical (unpaired) electrons. The highest BCUT2D eigenvalue weighted by atomic mass is 15.3. The highest BCUT2D eigenvalue weighted by Crippen LogP contribution is 2.22. The van der Waals surface area contributed by atoms with Crippen molar-refractivity contribution in [3.8, 4) is 6.07 Å². The molecule has 1 aliphatic rings. The van der Waals surface area contributed by atoms with Gasteiger partial charge in [-0.15, -0.1) is 0 Å². The first-order valence-corrected chi connectivity index (χ1v) is 6.28. The summed E-state index contributed by atoms with van der Waals surface area (Å²) in [6.45, 7) is 2.77. The fourth-order valence-corrected chi connectivity index (χ4v) is 2.41. The lowest BCUT2D eigenvalue weighted by Gasteiger charge is -2.15. The van der Waals surface area contributed by atoms with Gasteiger partial charge in [-0.2, -0.15) is 20.6 Å². The van der Waals surface area contributed by atoms with E-state index in [2.05, 4.69) is 26.3 Å². The molecule has 0 aromatic carbocycles. The van der Waals surface area contributed by atoms with Crippen molar-refractivity contribution in [2.24, 2.45) is 0 Å². The maximum Gasteiger partial charge on any atom is 0.102 e. The summed E-state index contributed by atoms with van der Waals surface area (Å²) in [4.78, 5) is 2.34. The van der Waals surface area contributed by atoms with Crippen molar-refractivity contribution in [2.45, 2.75) is 19.0 Å². The average Bonchev–Trinajstić information content (AvgIpc) is 3.08. The fraction of sp³-hybridized carbons (Fsp3) is 0.385. The molecule has 1 atom stereocenters. The van der Waals surface area contributed by atoms with Crippen LogP contribution in [0.25, 0.3) is 0 Å². The quantitative estimate of drug-likeness (QED) is 0.817. The first kappa shape index (κ1) is 11.8. The Balaban J connectivity index is 1.63. The van der Waals surface area contributed by atoms with E-state index < -0.39 is 0 Å². The molecule has 0 saturated carbocycles. The molecule has 19 heavy (non-hydrogen) atoms. The van der Waals surface area contributed by atoms with Crippen LogP contribution in [0, 0.1) is 11.3 Å². The monoisotopic (exact) mass is 254 g/mol. The first-order valence-electron chi connectivity index (χ1n) is 6.28. The lowest BCUT2D eigenvalue weighted by Crippen LogP contribution is -2.22. The number of aromatic nitrogens is 4. The lowest BCUT2D eigenvalue weighted by atomic mass is 10.3. The molecule has 0 amide bonds. The Labute approximate surface area is 111 Å². The third-order valence-electron chi connectivity index (χ3n) is 3.37. The topological polar surface area (TPSA) is 70.6 Å². The SMILES string of the molecule is N#Cc1cnn(C2CCN(Cc3cccnn3)C2)c1. The van der Waals surface area contributed by atoms with Gasteiger partial charge >= 0.3 is 0 Å². The van der Waals surface area contributed by atoms with E-state index in [1.54, 1.807) is 12.4 Å². The van der Waals surface area contributed by atoms with Gasteiger partial charge < -0.3 is 0 Å². The van der Waals surface area contributed by atoms with Crippen LogP contribution in [0.3, 0.4) is 0 Å². The molecule has 0 spiro atoms. The molecule has 0 aliphatic carbocycles. The second-order valence-corrected chi connectivity index (χ2v) is 4.71. The Morgan fingerprint density at radius 1 is 1.47 bits per heavy atom. The molecule has 1 unspecified atom stereocenters. The van der Waals surface area contributed by atoms with Gasteiger partial charge in [-0.1, -0.05) is 0 Å². The Hall–Kier alpha value is -2.26. The van der Waals surface area contributed by atoms with Crippen molar-refractivity contribution in [1.29, 1.82) is 5.26 Å².